The van der Waals surface area contributed by atoms with Gasteiger partial charge in [0.2, 0.25) is 0 Å². The predicted molar refractivity (Wildman–Crippen MR) is 92.0 cm³/mol. The maximum absolute atomic E-state index is 11.1. The van der Waals surface area contributed by atoms with Crippen LogP contribution in [-0.2, 0) is 6.42 Å². The van der Waals surface area contributed by atoms with Crippen LogP contribution in [0.2, 0.25) is 0 Å². The molecule has 2 aromatic heterocycles. The van der Waals surface area contributed by atoms with Gasteiger partial charge in [0.15, 0.2) is 0 Å². The molecular formula is C18H16N4O2. The van der Waals surface area contributed by atoms with E-state index in [1.54, 1.807) is 12.3 Å². The first-order chi connectivity index (χ1) is 11.7. The second kappa shape index (κ2) is 5.88. The van der Waals surface area contributed by atoms with Crippen LogP contribution in [0.15, 0.2) is 54.7 Å². The molecule has 3 heterocycles. The summed E-state index contributed by atoms with van der Waals surface area (Å²) in [6, 6.07) is 15.3. The first-order valence-corrected chi connectivity index (χ1v) is 7.90. The Balaban J connectivity index is 1.45. The molecule has 0 N–H and O–H groups in total. The van der Waals surface area contributed by atoms with Crippen molar-refractivity contribution in [3.05, 3.63) is 70.5 Å². The highest BCUT2D eigenvalue weighted by Gasteiger charge is 2.30. The Morgan fingerprint density at radius 1 is 1.12 bits per heavy atom. The fourth-order valence-electron chi connectivity index (χ4n) is 3.14. The van der Waals surface area contributed by atoms with Gasteiger partial charge in [-0.25, -0.2) is 4.98 Å². The minimum atomic E-state index is -0.357. The van der Waals surface area contributed by atoms with Crippen molar-refractivity contribution in [2.45, 2.75) is 6.42 Å². The topological polar surface area (TPSA) is 72.2 Å². The van der Waals surface area contributed by atoms with E-state index < -0.39 is 0 Å². The fraction of sp³-hybridized carbons (Fsp3) is 0.222. The molecule has 1 aliphatic heterocycles. The SMILES string of the molecule is O=[N+]([O-])c1cccnc1CC1CN(c2ccc3ccccc3n2)C1. The van der Waals surface area contributed by atoms with Gasteiger partial charge in [0.1, 0.15) is 11.5 Å². The Hall–Kier alpha value is -3.02. The van der Waals surface area contributed by atoms with Crippen LogP contribution < -0.4 is 4.90 Å². The third-order valence-electron chi connectivity index (χ3n) is 4.41. The van der Waals surface area contributed by atoms with E-state index >= 15 is 0 Å². The van der Waals surface area contributed by atoms with E-state index in [1.165, 1.54) is 6.07 Å². The molecule has 6 heteroatoms. The number of benzene rings is 1. The molecule has 1 aromatic carbocycles. The Morgan fingerprint density at radius 2 is 1.96 bits per heavy atom. The van der Waals surface area contributed by atoms with E-state index in [2.05, 4.69) is 20.9 Å². The van der Waals surface area contributed by atoms with Gasteiger partial charge in [-0.3, -0.25) is 15.1 Å². The summed E-state index contributed by atoms with van der Waals surface area (Å²) >= 11 is 0. The zero-order valence-electron chi connectivity index (χ0n) is 13.0. The maximum atomic E-state index is 11.1. The molecule has 4 rings (SSSR count). The van der Waals surface area contributed by atoms with Crippen molar-refractivity contribution >= 4 is 22.4 Å². The van der Waals surface area contributed by atoms with Crippen LogP contribution in [-0.4, -0.2) is 28.0 Å². The molecule has 0 aliphatic carbocycles. The number of aromatic nitrogens is 2. The Bertz CT molecular complexity index is 906. The van der Waals surface area contributed by atoms with Crippen LogP contribution in [0.3, 0.4) is 0 Å². The maximum Gasteiger partial charge on any atom is 0.290 e. The molecule has 0 spiro atoms. The molecule has 0 bridgehead atoms. The standard InChI is InChI=1S/C18H16N4O2/c23-22(24)17-6-3-9-19-16(17)10-13-11-21(12-13)18-8-7-14-4-1-2-5-15(14)20-18/h1-9,13H,10-12H2. The van der Waals surface area contributed by atoms with Crippen molar-refractivity contribution in [2.75, 3.05) is 18.0 Å². The van der Waals surface area contributed by atoms with Crippen LogP contribution in [0.4, 0.5) is 11.5 Å². The largest absolute Gasteiger partial charge is 0.356 e. The molecule has 3 aromatic rings. The van der Waals surface area contributed by atoms with Gasteiger partial charge >= 0.3 is 0 Å². The molecule has 0 unspecified atom stereocenters. The minimum Gasteiger partial charge on any atom is -0.356 e. The molecule has 1 saturated heterocycles. The summed E-state index contributed by atoms with van der Waals surface area (Å²) < 4.78 is 0. The van der Waals surface area contributed by atoms with Crippen LogP contribution in [0.5, 0.6) is 0 Å². The first-order valence-electron chi connectivity index (χ1n) is 7.90. The fourth-order valence-corrected chi connectivity index (χ4v) is 3.14. The molecule has 0 saturated carbocycles. The summed E-state index contributed by atoms with van der Waals surface area (Å²) in [4.78, 5) is 21.8. The zero-order valence-corrected chi connectivity index (χ0v) is 13.0. The van der Waals surface area contributed by atoms with E-state index in [0.717, 1.165) is 29.8 Å². The minimum absolute atomic E-state index is 0.111. The van der Waals surface area contributed by atoms with Gasteiger partial charge in [-0.1, -0.05) is 18.2 Å². The molecule has 24 heavy (non-hydrogen) atoms. The van der Waals surface area contributed by atoms with Gasteiger partial charge in [-0.05, 0) is 30.2 Å². The van der Waals surface area contributed by atoms with Crippen molar-refractivity contribution in [3.8, 4) is 0 Å². The van der Waals surface area contributed by atoms with Gasteiger partial charge in [-0.15, -0.1) is 0 Å². The van der Waals surface area contributed by atoms with Crippen molar-refractivity contribution in [1.82, 2.24) is 9.97 Å². The summed E-state index contributed by atoms with van der Waals surface area (Å²) in [5.74, 6) is 1.33. The molecular weight excluding hydrogens is 304 g/mol. The lowest BCUT2D eigenvalue weighted by Crippen LogP contribution is -2.48. The number of pyridine rings is 2. The number of anilines is 1. The van der Waals surface area contributed by atoms with E-state index in [0.29, 0.717) is 18.0 Å². The summed E-state index contributed by atoms with van der Waals surface area (Å²) in [6.07, 6.45) is 2.24. The van der Waals surface area contributed by atoms with Gasteiger partial charge in [0.05, 0.1) is 10.4 Å². The second-order valence-electron chi connectivity index (χ2n) is 6.06. The van der Waals surface area contributed by atoms with E-state index in [4.69, 9.17) is 0 Å². The number of nitro groups is 1. The van der Waals surface area contributed by atoms with E-state index in [1.807, 2.05) is 30.3 Å². The average Bonchev–Trinajstić information content (AvgIpc) is 2.57. The molecule has 0 atom stereocenters. The van der Waals surface area contributed by atoms with Crippen molar-refractivity contribution < 1.29 is 4.92 Å². The monoisotopic (exact) mass is 320 g/mol. The van der Waals surface area contributed by atoms with E-state index in [9.17, 15) is 10.1 Å². The van der Waals surface area contributed by atoms with Gasteiger partial charge in [0.25, 0.3) is 5.69 Å². The lowest BCUT2D eigenvalue weighted by molar-refractivity contribution is -0.386. The highest BCUT2D eigenvalue weighted by molar-refractivity contribution is 5.80. The van der Waals surface area contributed by atoms with Crippen molar-refractivity contribution in [3.63, 3.8) is 0 Å². The summed E-state index contributed by atoms with van der Waals surface area (Å²) in [7, 11) is 0. The lowest BCUT2D eigenvalue weighted by Gasteiger charge is -2.40. The number of hydrogen-bond acceptors (Lipinski definition) is 5. The normalized spacial score (nSPS) is 14.6. The average molecular weight is 320 g/mol. The van der Waals surface area contributed by atoms with Crippen LogP contribution in [0, 0.1) is 16.0 Å². The quantitative estimate of drug-likeness (QED) is 0.545. The highest BCUT2D eigenvalue weighted by atomic mass is 16.6. The third-order valence-corrected chi connectivity index (χ3v) is 4.41. The number of rotatable bonds is 4. The molecule has 120 valence electrons. The van der Waals surface area contributed by atoms with E-state index in [-0.39, 0.29) is 10.6 Å². The predicted octanol–water partition coefficient (Wildman–Crippen LogP) is 3.22. The molecule has 6 nitrogen and oxygen atoms in total. The van der Waals surface area contributed by atoms with Crippen LogP contribution in [0.1, 0.15) is 5.69 Å². The first kappa shape index (κ1) is 14.6. The molecule has 0 amide bonds. The molecule has 0 radical (unpaired) electrons. The van der Waals surface area contributed by atoms with Gasteiger partial charge < -0.3 is 4.90 Å². The van der Waals surface area contributed by atoms with Gasteiger partial charge in [0, 0.05) is 37.2 Å². The molecule has 1 fully saturated rings. The Kier molecular flexibility index (Phi) is 3.57. The number of nitrogens with zero attached hydrogens (tertiary/aromatic N) is 4. The van der Waals surface area contributed by atoms with Gasteiger partial charge in [-0.2, -0.15) is 0 Å². The number of hydrogen-bond donors (Lipinski definition) is 0. The summed E-state index contributed by atoms with van der Waals surface area (Å²) in [6.45, 7) is 1.69. The molecule has 1 aliphatic rings. The number of para-hydroxylation sites is 1. The van der Waals surface area contributed by atoms with Crippen LogP contribution in [0.25, 0.3) is 10.9 Å². The van der Waals surface area contributed by atoms with Crippen molar-refractivity contribution in [2.24, 2.45) is 5.92 Å². The Labute approximate surface area is 138 Å². The lowest BCUT2D eigenvalue weighted by atomic mass is 9.94. The van der Waals surface area contributed by atoms with Crippen LogP contribution >= 0.6 is 0 Å². The third kappa shape index (κ3) is 2.67. The van der Waals surface area contributed by atoms with Crippen molar-refractivity contribution in [1.29, 1.82) is 0 Å². The summed E-state index contributed by atoms with van der Waals surface area (Å²) in [5.41, 5.74) is 1.66. The second-order valence-corrected chi connectivity index (χ2v) is 6.06. The number of fused-ring (bicyclic) bond motifs is 1. The zero-order chi connectivity index (χ0) is 16.5. The highest BCUT2D eigenvalue weighted by Crippen LogP contribution is 2.28. The Morgan fingerprint density at radius 3 is 2.79 bits per heavy atom. The summed E-state index contributed by atoms with van der Waals surface area (Å²) in [5, 5.41) is 12.2. The smallest absolute Gasteiger partial charge is 0.290 e.